The van der Waals surface area contributed by atoms with Gasteiger partial charge in [0.1, 0.15) is 18.1 Å². The summed E-state index contributed by atoms with van der Waals surface area (Å²) in [5, 5.41) is 25.5. The molecule has 4 unspecified atom stereocenters. The third-order valence-electron chi connectivity index (χ3n) is 4.60. The molecule has 0 saturated carbocycles. The Kier molecular flexibility index (Phi) is 14.5. The Bertz CT molecular complexity index is 748. The van der Waals surface area contributed by atoms with Gasteiger partial charge >= 0.3 is 11.9 Å². The third-order valence-corrected chi connectivity index (χ3v) is 5.25. The van der Waals surface area contributed by atoms with E-state index < -0.39 is 72.6 Å². The molecule has 0 heterocycles. The maximum Gasteiger partial charge on any atom is 0.326 e. The van der Waals surface area contributed by atoms with Crippen molar-refractivity contribution in [2.75, 3.05) is 12.0 Å². The summed E-state index contributed by atoms with van der Waals surface area (Å²) < 4.78 is 0. The van der Waals surface area contributed by atoms with Crippen LogP contribution in [0, 0.1) is 5.92 Å². The van der Waals surface area contributed by atoms with Gasteiger partial charge in [0.05, 0.1) is 12.5 Å². The van der Waals surface area contributed by atoms with E-state index in [-0.39, 0.29) is 25.2 Å². The van der Waals surface area contributed by atoms with Crippen molar-refractivity contribution >= 4 is 47.3 Å². The van der Waals surface area contributed by atoms with E-state index in [1.165, 1.54) is 11.8 Å². The molecule has 0 spiro atoms. The average Bonchev–Trinajstić information content (AvgIpc) is 2.71. The smallest absolute Gasteiger partial charge is 0.326 e. The van der Waals surface area contributed by atoms with Crippen molar-refractivity contribution in [2.45, 2.75) is 70.1 Å². The maximum absolute atomic E-state index is 12.9. The molecule has 0 aromatic heterocycles. The third kappa shape index (κ3) is 13.0. The summed E-state index contributed by atoms with van der Waals surface area (Å²) in [6.45, 7) is 3.57. The molecule has 0 rings (SSSR count). The van der Waals surface area contributed by atoms with Gasteiger partial charge in [-0.1, -0.05) is 13.8 Å². The number of primary amides is 1. The molecule has 0 aromatic rings. The quantitative estimate of drug-likeness (QED) is 0.119. The Hall–Kier alpha value is -2.87. The first-order valence-corrected chi connectivity index (χ1v) is 12.1. The predicted molar refractivity (Wildman–Crippen MR) is 125 cm³/mol. The number of nitrogens with two attached hydrogens (primary N) is 2. The highest BCUT2D eigenvalue weighted by Crippen LogP contribution is 2.08. The number of carboxylic acids is 2. The lowest BCUT2D eigenvalue weighted by Crippen LogP contribution is -2.57. The second-order valence-electron chi connectivity index (χ2n) is 8.14. The van der Waals surface area contributed by atoms with Crippen LogP contribution < -0.4 is 27.4 Å². The van der Waals surface area contributed by atoms with Crippen LogP contribution in [0.1, 0.15) is 46.0 Å². The van der Waals surface area contributed by atoms with E-state index in [4.69, 9.17) is 16.6 Å². The number of carbonyl (C=O) groups is 6. The van der Waals surface area contributed by atoms with Gasteiger partial charge in [-0.15, -0.1) is 0 Å². The van der Waals surface area contributed by atoms with Gasteiger partial charge in [0.15, 0.2) is 0 Å². The topological polar surface area (TPSA) is 231 Å². The number of rotatable bonds is 17. The highest BCUT2D eigenvalue weighted by Gasteiger charge is 2.31. The summed E-state index contributed by atoms with van der Waals surface area (Å²) in [7, 11) is 0. The van der Waals surface area contributed by atoms with Crippen LogP contribution in [0.4, 0.5) is 0 Å². The molecule has 13 nitrogen and oxygen atoms in total. The van der Waals surface area contributed by atoms with Crippen LogP contribution >= 0.6 is 11.8 Å². The molecule has 0 saturated heterocycles. The number of carboxylic acid groups (broad SMARTS) is 2. The standard InChI is InChI=1S/C20H35N5O8S/c1-10(2)8-14(25-17(29)11(21)9-15(22)26)19(31)23-12(4-5-16(27)28)18(30)24-13(20(32)33)6-7-34-3/h10-14H,4-9,21H2,1-3H3,(H2,22,26)(H,23,31)(H,24,30)(H,25,29)(H,27,28)(H,32,33). The van der Waals surface area contributed by atoms with E-state index in [2.05, 4.69) is 16.0 Å². The Morgan fingerprint density at radius 1 is 0.853 bits per heavy atom. The van der Waals surface area contributed by atoms with E-state index >= 15 is 0 Å². The summed E-state index contributed by atoms with van der Waals surface area (Å²) in [4.78, 5) is 71.4. The monoisotopic (exact) mass is 505 g/mol. The van der Waals surface area contributed by atoms with E-state index in [0.717, 1.165) is 0 Å². The zero-order valence-corrected chi connectivity index (χ0v) is 20.4. The van der Waals surface area contributed by atoms with Crippen LogP contribution in [0.25, 0.3) is 0 Å². The van der Waals surface area contributed by atoms with Crippen LogP contribution in [0.3, 0.4) is 0 Å². The van der Waals surface area contributed by atoms with Crippen LogP contribution in [-0.2, 0) is 28.8 Å². The zero-order chi connectivity index (χ0) is 26.4. The van der Waals surface area contributed by atoms with Crippen molar-refractivity contribution in [1.29, 1.82) is 0 Å². The molecular formula is C20H35N5O8S. The minimum absolute atomic E-state index is 0.0716. The van der Waals surface area contributed by atoms with Crippen molar-refractivity contribution < 1.29 is 39.0 Å². The Morgan fingerprint density at radius 3 is 1.85 bits per heavy atom. The van der Waals surface area contributed by atoms with Crippen LogP contribution in [-0.4, -0.2) is 82.0 Å². The van der Waals surface area contributed by atoms with Gasteiger partial charge in [-0.2, -0.15) is 11.8 Å². The van der Waals surface area contributed by atoms with E-state index in [9.17, 15) is 33.9 Å². The molecule has 0 aliphatic rings. The molecule has 4 amide bonds. The van der Waals surface area contributed by atoms with Crippen LogP contribution in [0.15, 0.2) is 0 Å². The molecule has 0 fully saturated rings. The van der Waals surface area contributed by atoms with Crippen molar-refractivity contribution in [3.63, 3.8) is 0 Å². The Labute approximate surface area is 202 Å². The SMILES string of the molecule is CSCCC(NC(=O)C(CCC(=O)O)NC(=O)C(CC(C)C)NC(=O)C(N)CC(N)=O)C(=O)O. The second kappa shape index (κ2) is 15.9. The average molecular weight is 506 g/mol. The van der Waals surface area contributed by atoms with Crippen molar-refractivity contribution in [2.24, 2.45) is 17.4 Å². The molecule has 4 atom stereocenters. The number of thioether (sulfide) groups is 1. The maximum atomic E-state index is 12.9. The summed E-state index contributed by atoms with van der Waals surface area (Å²) in [5.74, 6) is -5.33. The fourth-order valence-electron chi connectivity index (χ4n) is 2.87. The molecule has 0 aliphatic heterocycles. The minimum Gasteiger partial charge on any atom is -0.481 e. The number of aliphatic carboxylic acids is 2. The molecule has 0 aliphatic carbocycles. The fourth-order valence-corrected chi connectivity index (χ4v) is 3.34. The van der Waals surface area contributed by atoms with Gasteiger partial charge in [0.25, 0.3) is 0 Å². The van der Waals surface area contributed by atoms with Gasteiger partial charge in [0.2, 0.25) is 23.6 Å². The fraction of sp³-hybridized carbons (Fsp3) is 0.700. The van der Waals surface area contributed by atoms with E-state index in [1.54, 1.807) is 20.1 Å². The molecule has 0 aromatic carbocycles. The van der Waals surface area contributed by atoms with Gasteiger partial charge in [-0.3, -0.25) is 24.0 Å². The van der Waals surface area contributed by atoms with Gasteiger partial charge in [0, 0.05) is 6.42 Å². The molecule has 0 radical (unpaired) electrons. The Morgan fingerprint density at radius 2 is 1.38 bits per heavy atom. The highest BCUT2D eigenvalue weighted by molar-refractivity contribution is 7.98. The number of amides is 4. The summed E-state index contributed by atoms with van der Waals surface area (Å²) in [6.07, 6.45) is 0.857. The molecule has 194 valence electrons. The van der Waals surface area contributed by atoms with Gasteiger partial charge in [-0.05, 0) is 37.2 Å². The molecule has 9 N–H and O–H groups in total. The lowest BCUT2D eigenvalue weighted by Gasteiger charge is -2.25. The van der Waals surface area contributed by atoms with Crippen LogP contribution in [0.5, 0.6) is 0 Å². The second-order valence-corrected chi connectivity index (χ2v) is 9.13. The normalized spacial score (nSPS) is 14.4. The summed E-state index contributed by atoms with van der Waals surface area (Å²) in [5.41, 5.74) is 10.7. The number of hydrogen-bond acceptors (Lipinski definition) is 8. The molecule has 34 heavy (non-hydrogen) atoms. The molecule has 0 bridgehead atoms. The number of hydrogen-bond donors (Lipinski definition) is 7. The predicted octanol–water partition coefficient (Wildman–Crippen LogP) is -1.61. The van der Waals surface area contributed by atoms with Gasteiger partial charge < -0.3 is 37.6 Å². The van der Waals surface area contributed by atoms with Crippen LogP contribution in [0.2, 0.25) is 0 Å². The first kappa shape index (κ1) is 31.1. The molecule has 14 heteroatoms. The number of carbonyl (C=O) groups excluding carboxylic acids is 4. The first-order valence-electron chi connectivity index (χ1n) is 10.7. The van der Waals surface area contributed by atoms with Gasteiger partial charge in [-0.25, -0.2) is 4.79 Å². The number of nitrogens with one attached hydrogen (secondary N) is 3. The molecular weight excluding hydrogens is 470 g/mol. The van der Waals surface area contributed by atoms with Crippen molar-refractivity contribution in [3.05, 3.63) is 0 Å². The largest absolute Gasteiger partial charge is 0.481 e. The summed E-state index contributed by atoms with van der Waals surface area (Å²) >= 11 is 1.39. The highest BCUT2D eigenvalue weighted by atomic mass is 32.2. The van der Waals surface area contributed by atoms with Crippen molar-refractivity contribution in [3.8, 4) is 0 Å². The van der Waals surface area contributed by atoms with Crippen molar-refractivity contribution in [1.82, 2.24) is 16.0 Å². The summed E-state index contributed by atoms with van der Waals surface area (Å²) in [6, 6.07) is -5.00. The lowest BCUT2D eigenvalue weighted by atomic mass is 10.0. The van der Waals surface area contributed by atoms with E-state index in [1.807, 2.05) is 0 Å². The lowest BCUT2D eigenvalue weighted by molar-refractivity contribution is -0.143. The first-order chi connectivity index (χ1) is 15.8. The van der Waals surface area contributed by atoms with E-state index in [0.29, 0.717) is 5.75 Å². The Balaban J connectivity index is 5.55. The zero-order valence-electron chi connectivity index (χ0n) is 19.5. The minimum atomic E-state index is -1.36.